The number of carbonyl (C=O) groups is 1. The van der Waals surface area contributed by atoms with Crippen LogP contribution in [0.1, 0.15) is 36.0 Å². The summed E-state index contributed by atoms with van der Waals surface area (Å²) in [4.78, 5) is 19.2. The van der Waals surface area contributed by atoms with Crippen molar-refractivity contribution in [3.63, 3.8) is 0 Å². The third-order valence-corrected chi connectivity index (χ3v) is 3.55. The first-order valence-corrected chi connectivity index (χ1v) is 6.72. The topological polar surface area (TPSA) is 57.8 Å². The quantitative estimate of drug-likeness (QED) is 0.825. The molecule has 2 N–H and O–H groups in total. The number of carbonyl (C=O) groups excluding carboxylic acids is 1. The lowest BCUT2D eigenvalue weighted by Crippen LogP contribution is -2.24. The summed E-state index contributed by atoms with van der Waals surface area (Å²) < 4.78 is 0. The van der Waals surface area contributed by atoms with Gasteiger partial charge < -0.3 is 10.3 Å². The Labute approximate surface area is 111 Å². The SMILES string of the molecule is O=C(NCCC1=CCCC1)c1ccc2nc[nH]c2c1. The van der Waals surface area contributed by atoms with Gasteiger partial charge in [0.05, 0.1) is 17.4 Å². The van der Waals surface area contributed by atoms with Gasteiger partial charge in [0.2, 0.25) is 0 Å². The second kappa shape index (κ2) is 5.26. The number of allylic oxidation sites excluding steroid dienone is 1. The largest absolute Gasteiger partial charge is 0.352 e. The average molecular weight is 255 g/mol. The highest BCUT2D eigenvalue weighted by atomic mass is 16.1. The number of amides is 1. The van der Waals surface area contributed by atoms with Crippen molar-refractivity contribution < 1.29 is 4.79 Å². The van der Waals surface area contributed by atoms with Gasteiger partial charge in [-0.2, -0.15) is 0 Å². The number of H-pyrrole nitrogens is 1. The highest BCUT2D eigenvalue weighted by molar-refractivity contribution is 5.97. The van der Waals surface area contributed by atoms with Crippen LogP contribution in [0.2, 0.25) is 0 Å². The summed E-state index contributed by atoms with van der Waals surface area (Å²) in [6, 6.07) is 5.51. The van der Waals surface area contributed by atoms with E-state index in [0.29, 0.717) is 12.1 Å². The summed E-state index contributed by atoms with van der Waals surface area (Å²) in [6.07, 6.45) is 8.55. The van der Waals surface area contributed by atoms with Crippen LogP contribution in [-0.2, 0) is 0 Å². The summed E-state index contributed by atoms with van der Waals surface area (Å²) in [5.41, 5.74) is 3.93. The molecule has 19 heavy (non-hydrogen) atoms. The van der Waals surface area contributed by atoms with Crippen LogP contribution in [0, 0.1) is 0 Å². The summed E-state index contributed by atoms with van der Waals surface area (Å²) in [5, 5.41) is 2.97. The van der Waals surface area contributed by atoms with E-state index in [9.17, 15) is 4.79 Å². The molecule has 0 saturated carbocycles. The third-order valence-electron chi connectivity index (χ3n) is 3.55. The highest BCUT2D eigenvalue weighted by Crippen LogP contribution is 2.19. The number of imidazole rings is 1. The highest BCUT2D eigenvalue weighted by Gasteiger charge is 2.08. The number of hydrogen-bond acceptors (Lipinski definition) is 2. The molecule has 1 heterocycles. The number of nitrogens with one attached hydrogen (secondary N) is 2. The summed E-state index contributed by atoms with van der Waals surface area (Å²) in [6.45, 7) is 0.714. The molecule has 0 bridgehead atoms. The molecule has 4 heteroatoms. The van der Waals surface area contributed by atoms with Gasteiger partial charge in [0, 0.05) is 12.1 Å². The van der Waals surface area contributed by atoms with Gasteiger partial charge >= 0.3 is 0 Å². The van der Waals surface area contributed by atoms with Crippen LogP contribution in [0.5, 0.6) is 0 Å². The van der Waals surface area contributed by atoms with Crippen LogP contribution >= 0.6 is 0 Å². The Balaban J connectivity index is 1.59. The molecule has 0 aliphatic heterocycles. The molecule has 3 rings (SSSR count). The van der Waals surface area contributed by atoms with Gasteiger partial charge in [-0.3, -0.25) is 4.79 Å². The van der Waals surface area contributed by atoms with Crippen molar-refractivity contribution in [1.29, 1.82) is 0 Å². The van der Waals surface area contributed by atoms with Gasteiger partial charge in [0.25, 0.3) is 5.91 Å². The summed E-state index contributed by atoms with van der Waals surface area (Å²) >= 11 is 0. The molecule has 4 nitrogen and oxygen atoms in total. The second-order valence-electron chi connectivity index (χ2n) is 4.89. The number of benzene rings is 1. The maximum Gasteiger partial charge on any atom is 0.251 e. The van der Waals surface area contributed by atoms with Crippen molar-refractivity contribution in [2.75, 3.05) is 6.54 Å². The Bertz CT molecular complexity index is 627. The lowest BCUT2D eigenvalue weighted by molar-refractivity contribution is 0.0954. The van der Waals surface area contributed by atoms with Crippen LogP contribution in [0.3, 0.4) is 0 Å². The fourth-order valence-corrected chi connectivity index (χ4v) is 2.48. The first kappa shape index (κ1) is 12.0. The second-order valence-corrected chi connectivity index (χ2v) is 4.89. The minimum absolute atomic E-state index is 0.0184. The van der Waals surface area contributed by atoms with Crippen molar-refractivity contribution >= 4 is 16.9 Å². The molecule has 0 unspecified atom stereocenters. The lowest BCUT2D eigenvalue weighted by atomic mass is 10.1. The molecule has 0 radical (unpaired) electrons. The molecule has 1 aliphatic carbocycles. The average Bonchev–Trinajstić information content (AvgIpc) is 3.08. The van der Waals surface area contributed by atoms with Gasteiger partial charge in [-0.05, 0) is 43.9 Å². The van der Waals surface area contributed by atoms with E-state index < -0.39 is 0 Å². The van der Waals surface area contributed by atoms with E-state index in [1.165, 1.54) is 24.8 Å². The molecular formula is C15H17N3O. The predicted molar refractivity (Wildman–Crippen MR) is 75.0 cm³/mol. The Kier molecular flexibility index (Phi) is 3.31. The third kappa shape index (κ3) is 2.67. The first-order valence-electron chi connectivity index (χ1n) is 6.72. The van der Waals surface area contributed by atoms with Crippen molar-refractivity contribution in [1.82, 2.24) is 15.3 Å². The van der Waals surface area contributed by atoms with E-state index in [0.717, 1.165) is 17.5 Å². The van der Waals surface area contributed by atoms with Crippen LogP contribution < -0.4 is 5.32 Å². The number of nitrogens with zero attached hydrogens (tertiary/aromatic N) is 1. The van der Waals surface area contributed by atoms with E-state index in [4.69, 9.17) is 0 Å². The molecule has 2 aromatic rings. The first-order chi connectivity index (χ1) is 9.33. The molecule has 1 aromatic carbocycles. The monoisotopic (exact) mass is 255 g/mol. The molecule has 0 spiro atoms. The fraction of sp³-hybridized carbons (Fsp3) is 0.333. The summed E-state index contributed by atoms with van der Waals surface area (Å²) in [5.74, 6) is -0.0184. The molecule has 0 atom stereocenters. The van der Waals surface area contributed by atoms with E-state index in [2.05, 4.69) is 21.4 Å². The minimum Gasteiger partial charge on any atom is -0.352 e. The van der Waals surface area contributed by atoms with E-state index >= 15 is 0 Å². The fourth-order valence-electron chi connectivity index (χ4n) is 2.48. The molecule has 1 aliphatic rings. The van der Waals surface area contributed by atoms with Gasteiger partial charge in [0.1, 0.15) is 0 Å². The van der Waals surface area contributed by atoms with Gasteiger partial charge in [-0.1, -0.05) is 11.6 Å². The van der Waals surface area contributed by atoms with E-state index in [-0.39, 0.29) is 5.91 Å². The molecule has 98 valence electrons. The Morgan fingerprint density at radius 3 is 3.21 bits per heavy atom. The van der Waals surface area contributed by atoms with Crippen LogP contribution in [-0.4, -0.2) is 22.4 Å². The summed E-state index contributed by atoms with van der Waals surface area (Å²) in [7, 11) is 0. The number of hydrogen-bond donors (Lipinski definition) is 2. The van der Waals surface area contributed by atoms with Gasteiger partial charge in [-0.15, -0.1) is 0 Å². The number of rotatable bonds is 4. The Morgan fingerprint density at radius 2 is 2.37 bits per heavy atom. The van der Waals surface area contributed by atoms with E-state index in [1.807, 2.05) is 18.2 Å². The van der Waals surface area contributed by atoms with Crippen molar-refractivity contribution in [3.8, 4) is 0 Å². The number of fused-ring (bicyclic) bond motifs is 1. The van der Waals surface area contributed by atoms with Crippen LogP contribution in [0.25, 0.3) is 11.0 Å². The smallest absolute Gasteiger partial charge is 0.251 e. The van der Waals surface area contributed by atoms with E-state index in [1.54, 1.807) is 6.33 Å². The predicted octanol–water partition coefficient (Wildman–Crippen LogP) is 2.79. The van der Waals surface area contributed by atoms with Crippen molar-refractivity contribution in [2.45, 2.75) is 25.7 Å². The number of aromatic nitrogens is 2. The zero-order valence-corrected chi connectivity index (χ0v) is 10.8. The Morgan fingerprint density at radius 1 is 1.42 bits per heavy atom. The molecular weight excluding hydrogens is 238 g/mol. The minimum atomic E-state index is -0.0184. The molecule has 0 saturated heterocycles. The maximum absolute atomic E-state index is 12.0. The van der Waals surface area contributed by atoms with Crippen molar-refractivity contribution in [2.24, 2.45) is 0 Å². The lowest BCUT2D eigenvalue weighted by Gasteiger charge is -2.06. The zero-order valence-electron chi connectivity index (χ0n) is 10.8. The standard InChI is InChI=1S/C15H17N3O/c19-15(16-8-7-11-3-1-2-4-11)12-5-6-13-14(9-12)18-10-17-13/h3,5-6,9-10H,1-2,4,7-8H2,(H,16,19)(H,17,18). The van der Waals surface area contributed by atoms with Crippen LogP contribution in [0.4, 0.5) is 0 Å². The van der Waals surface area contributed by atoms with Crippen LogP contribution in [0.15, 0.2) is 36.2 Å². The maximum atomic E-state index is 12.0. The number of aromatic amines is 1. The Hall–Kier alpha value is -2.10. The normalized spacial score (nSPS) is 14.6. The molecule has 1 amide bonds. The van der Waals surface area contributed by atoms with Crippen molar-refractivity contribution in [3.05, 3.63) is 41.7 Å². The zero-order chi connectivity index (χ0) is 13.1. The van der Waals surface area contributed by atoms with Gasteiger partial charge in [-0.25, -0.2) is 4.98 Å². The van der Waals surface area contributed by atoms with Gasteiger partial charge in [0.15, 0.2) is 0 Å². The molecule has 1 aromatic heterocycles. The molecule has 0 fully saturated rings.